The van der Waals surface area contributed by atoms with Crippen molar-refractivity contribution < 1.29 is 14.7 Å². The van der Waals surface area contributed by atoms with Crippen LogP contribution < -0.4 is 5.32 Å². The second kappa shape index (κ2) is 8.84. The maximum absolute atomic E-state index is 11.7. The fourth-order valence-electron chi connectivity index (χ4n) is 1.72. The zero-order chi connectivity index (χ0) is 13.3. The molecular formula is C12H24N2O3. The second-order valence-corrected chi connectivity index (χ2v) is 4.16. The molecule has 0 aromatic carbocycles. The number of rotatable bonds is 8. The Hall–Kier alpha value is -1.26. The molecule has 100 valence electrons. The highest BCUT2D eigenvalue weighted by molar-refractivity contribution is 5.74. The number of hydrogen-bond donors (Lipinski definition) is 2. The molecule has 0 aliphatic carbocycles. The van der Waals surface area contributed by atoms with E-state index in [1.165, 1.54) is 0 Å². The molecule has 5 nitrogen and oxygen atoms in total. The van der Waals surface area contributed by atoms with Gasteiger partial charge in [0.25, 0.3) is 0 Å². The van der Waals surface area contributed by atoms with E-state index in [2.05, 4.69) is 19.2 Å². The van der Waals surface area contributed by atoms with Crippen LogP contribution in [0.15, 0.2) is 0 Å². The monoisotopic (exact) mass is 244 g/mol. The van der Waals surface area contributed by atoms with Gasteiger partial charge in [-0.05, 0) is 25.7 Å². The van der Waals surface area contributed by atoms with Gasteiger partial charge in [-0.3, -0.25) is 4.79 Å². The molecule has 2 N–H and O–H groups in total. The maximum atomic E-state index is 11.7. The first-order chi connectivity index (χ1) is 8.02. The summed E-state index contributed by atoms with van der Waals surface area (Å²) in [6.07, 6.45) is 3.36. The first-order valence-corrected chi connectivity index (χ1v) is 6.25. The molecule has 2 amide bonds. The minimum absolute atomic E-state index is 0.0750. The molecule has 0 aromatic heterocycles. The lowest BCUT2D eigenvalue weighted by atomic mass is 10.1. The summed E-state index contributed by atoms with van der Waals surface area (Å²) in [5.74, 6) is -0.787. The molecular weight excluding hydrogens is 220 g/mol. The van der Waals surface area contributed by atoms with Crippen LogP contribution in [0.2, 0.25) is 0 Å². The van der Waals surface area contributed by atoms with E-state index < -0.39 is 5.97 Å². The van der Waals surface area contributed by atoms with Crippen LogP contribution >= 0.6 is 0 Å². The van der Waals surface area contributed by atoms with Gasteiger partial charge in [0, 0.05) is 26.1 Å². The molecule has 0 atom stereocenters. The maximum Gasteiger partial charge on any atom is 0.317 e. The Bertz CT molecular complexity index is 240. The van der Waals surface area contributed by atoms with Gasteiger partial charge >= 0.3 is 12.0 Å². The van der Waals surface area contributed by atoms with Crippen LogP contribution in [0, 0.1) is 0 Å². The second-order valence-electron chi connectivity index (χ2n) is 4.16. The number of aliphatic carboxylic acids is 1. The normalized spacial score (nSPS) is 10.4. The van der Waals surface area contributed by atoms with Gasteiger partial charge in [0.2, 0.25) is 0 Å². The van der Waals surface area contributed by atoms with Crippen molar-refractivity contribution in [1.29, 1.82) is 0 Å². The van der Waals surface area contributed by atoms with Crippen molar-refractivity contribution in [2.75, 3.05) is 13.6 Å². The first-order valence-electron chi connectivity index (χ1n) is 6.25. The van der Waals surface area contributed by atoms with Gasteiger partial charge in [-0.25, -0.2) is 4.79 Å². The van der Waals surface area contributed by atoms with E-state index in [-0.39, 0.29) is 18.5 Å². The summed E-state index contributed by atoms with van der Waals surface area (Å²) in [7, 11) is 1.80. The van der Waals surface area contributed by atoms with E-state index in [0.717, 1.165) is 12.8 Å². The highest BCUT2D eigenvalue weighted by Gasteiger charge is 2.15. The molecule has 0 aromatic rings. The average molecular weight is 244 g/mol. The summed E-state index contributed by atoms with van der Waals surface area (Å²) in [6.45, 7) is 4.66. The summed E-state index contributed by atoms with van der Waals surface area (Å²) in [5.41, 5.74) is 0. The van der Waals surface area contributed by atoms with Crippen molar-refractivity contribution in [3.05, 3.63) is 0 Å². The molecule has 0 heterocycles. The van der Waals surface area contributed by atoms with E-state index in [1.807, 2.05) is 0 Å². The molecule has 5 heteroatoms. The van der Waals surface area contributed by atoms with Gasteiger partial charge in [-0.2, -0.15) is 0 Å². The van der Waals surface area contributed by atoms with Crippen molar-refractivity contribution >= 4 is 12.0 Å². The number of carboxylic acid groups (broad SMARTS) is 1. The van der Waals surface area contributed by atoms with Gasteiger partial charge in [0.15, 0.2) is 0 Å². The number of urea groups is 1. The minimum atomic E-state index is -0.787. The molecule has 0 saturated carbocycles. The van der Waals surface area contributed by atoms with Gasteiger partial charge in [-0.1, -0.05) is 13.8 Å². The fourth-order valence-corrected chi connectivity index (χ4v) is 1.72. The van der Waals surface area contributed by atoms with E-state index in [1.54, 1.807) is 11.9 Å². The molecule has 0 fully saturated rings. The number of amides is 2. The number of carbonyl (C=O) groups excluding carboxylic acids is 1. The van der Waals surface area contributed by atoms with Crippen molar-refractivity contribution in [1.82, 2.24) is 10.2 Å². The zero-order valence-electron chi connectivity index (χ0n) is 11.0. The Kier molecular flexibility index (Phi) is 8.19. The van der Waals surface area contributed by atoms with Crippen molar-refractivity contribution in [3.63, 3.8) is 0 Å². The number of hydrogen-bond acceptors (Lipinski definition) is 2. The van der Waals surface area contributed by atoms with E-state index in [9.17, 15) is 9.59 Å². The SMILES string of the molecule is CCC(CC)N(C)C(=O)NCCCCC(=O)O. The standard InChI is InChI=1S/C12H24N2O3/c1-4-10(5-2)14(3)12(17)13-9-7-6-8-11(15)16/h10H,4-9H2,1-3H3,(H,13,17)(H,15,16). The predicted octanol–water partition coefficient (Wildman–Crippen LogP) is 2.07. The topological polar surface area (TPSA) is 69.6 Å². The Morgan fingerprint density at radius 2 is 1.82 bits per heavy atom. The van der Waals surface area contributed by atoms with Gasteiger partial charge in [0.05, 0.1) is 0 Å². The van der Waals surface area contributed by atoms with Crippen LogP contribution in [0.4, 0.5) is 4.79 Å². The summed E-state index contributed by atoms with van der Waals surface area (Å²) in [4.78, 5) is 23.7. The molecule has 0 bridgehead atoms. The van der Waals surface area contributed by atoms with Crippen molar-refractivity contribution in [2.45, 2.75) is 52.0 Å². The largest absolute Gasteiger partial charge is 0.481 e. The third-order valence-electron chi connectivity index (χ3n) is 2.90. The van der Waals surface area contributed by atoms with Crippen LogP contribution in [0.3, 0.4) is 0 Å². The molecule has 0 radical (unpaired) electrons. The summed E-state index contributed by atoms with van der Waals surface area (Å²) in [6, 6.07) is 0.197. The Balaban J connectivity index is 3.74. The van der Waals surface area contributed by atoms with E-state index in [0.29, 0.717) is 19.4 Å². The number of carboxylic acids is 1. The Labute approximate surface area is 103 Å². The third kappa shape index (κ3) is 6.81. The number of unbranched alkanes of at least 4 members (excludes halogenated alkanes) is 1. The smallest absolute Gasteiger partial charge is 0.317 e. The van der Waals surface area contributed by atoms with Gasteiger partial charge < -0.3 is 15.3 Å². The molecule has 0 rings (SSSR count). The van der Waals surface area contributed by atoms with Gasteiger partial charge in [0.1, 0.15) is 0 Å². The average Bonchev–Trinajstić information content (AvgIpc) is 2.29. The third-order valence-corrected chi connectivity index (χ3v) is 2.90. The molecule has 0 unspecified atom stereocenters. The molecule has 0 saturated heterocycles. The summed E-state index contributed by atoms with van der Waals surface area (Å²) in [5, 5.41) is 11.3. The summed E-state index contributed by atoms with van der Waals surface area (Å²) < 4.78 is 0. The Morgan fingerprint density at radius 3 is 2.29 bits per heavy atom. The lowest BCUT2D eigenvalue weighted by molar-refractivity contribution is -0.137. The zero-order valence-corrected chi connectivity index (χ0v) is 11.0. The van der Waals surface area contributed by atoms with Crippen molar-refractivity contribution in [2.24, 2.45) is 0 Å². The molecule has 0 aliphatic rings. The van der Waals surface area contributed by atoms with E-state index >= 15 is 0 Å². The van der Waals surface area contributed by atoms with Crippen LogP contribution in [-0.4, -0.2) is 41.6 Å². The number of nitrogens with zero attached hydrogens (tertiary/aromatic N) is 1. The summed E-state index contributed by atoms with van der Waals surface area (Å²) >= 11 is 0. The lowest BCUT2D eigenvalue weighted by Crippen LogP contribution is -2.43. The highest BCUT2D eigenvalue weighted by Crippen LogP contribution is 2.05. The van der Waals surface area contributed by atoms with Crippen LogP contribution in [0.25, 0.3) is 0 Å². The number of carbonyl (C=O) groups is 2. The lowest BCUT2D eigenvalue weighted by Gasteiger charge is -2.26. The first kappa shape index (κ1) is 15.7. The van der Waals surface area contributed by atoms with Crippen molar-refractivity contribution in [3.8, 4) is 0 Å². The quantitative estimate of drug-likeness (QED) is 0.642. The predicted molar refractivity (Wildman–Crippen MR) is 67.0 cm³/mol. The van der Waals surface area contributed by atoms with Crippen LogP contribution in [-0.2, 0) is 4.79 Å². The fraction of sp³-hybridized carbons (Fsp3) is 0.833. The van der Waals surface area contributed by atoms with Crippen LogP contribution in [0.1, 0.15) is 46.0 Å². The van der Waals surface area contributed by atoms with Gasteiger partial charge in [-0.15, -0.1) is 0 Å². The molecule has 0 spiro atoms. The minimum Gasteiger partial charge on any atom is -0.481 e. The molecule has 17 heavy (non-hydrogen) atoms. The Morgan fingerprint density at radius 1 is 1.24 bits per heavy atom. The molecule has 0 aliphatic heterocycles. The van der Waals surface area contributed by atoms with Crippen LogP contribution in [0.5, 0.6) is 0 Å². The number of nitrogens with one attached hydrogen (secondary N) is 1. The highest BCUT2D eigenvalue weighted by atomic mass is 16.4. The van der Waals surface area contributed by atoms with E-state index in [4.69, 9.17) is 5.11 Å².